The number of nitrogens with one attached hydrogen (secondary N) is 1. The van der Waals surface area contributed by atoms with Crippen molar-refractivity contribution < 1.29 is 17.9 Å². The number of aliphatic hydroxyl groups is 1. The lowest BCUT2D eigenvalue weighted by Gasteiger charge is -2.26. The van der Waals surface area contributed by atoms with Crippen LogP contribution in [0.5, 0.6) is 0 Å². The molecular formula is C18H22FN3O3S. The molecule has 0 saturated carbocycles. The maximum Gasteiger partial charge on any atom is 0.246 e. The maximum atomic E-state index is 13.8. The second kappa shape index (κ2) is 8.11. The molecule has 3 rings (SSSR count). The first kappa shape index (κ1) is 18.8. The number of piperidine rings is 1. The molecule has 2 aromatic rings. The first-order valence-corrected chi connectivity index (χ1v) is 10.1. The van der Waals surface area contributed by atoms with E-state index >= 15 is 0 Å². The molecule has 1 saturated heterocycles. The molecule has 1 unspecified atom stereocenters. The van der Waals surface area contributed by atoms with E-state index in [0.29, 0.717) is 13.1 Å². The zero-order valence-electron chi connectivity index (χ0n) is 14.3. The number of aromatic nitrogens is 1. The predicted molar refractivity (Wildman–Crippen MR) is 96.7 cm³/mol. The molecule has 1 atom stereocenters. The molecule has 1 aromatic heterocycles. The second-order valence-corrected chi connectivity index (χ2v) is 8.14. The Labute approximate surface area is 152 Å². The Morgan fingerprint density at radius 2 is 1.88 bits per heavy atom. The number of anilines is 1. The van der Waals surface area contributed by atoms with Crippen molar-refractivity contribution in [1.82, 2.24) is 9.29 Å². The minimum Gasteiger partial charge on any atom is -0.386 e. The van der Waals surface area contributed by atoms with Gasteiger partial charge in [-0.3, -0.25) is 0 Å². The first-order chi connectivity index (χ1) is 12.5. The summed E-state index contributed by atoms with van der Waals surface area (Å²) in [7, 11) is -3.66. The summed E-state index contributed by atoms with van der Waals surface area (Å²) in [4.78, 5) is 4.18. The van der Waals surface area contributed by atoms with Gasteiger partial charge >= 0.3 is 0 Å². The van der Waals surface area contributed by atoms with Crippen LogP contribution in [-0.2, 0) is 10.0 Å². The third-order valence-electron chi connectivity index (χ3n) is 4.43. The molecule has 140 valence electrons. The average molecular weight is 379 g/mol. The zero-order valence-corrected chi connectivity index (χ0v) is 15.1. The number of hydrogen-bond donors (Lipinski definition) is 2. The van der Waals surface area contributed by atoms with Gasteiger partial charge in [0.2, 0.25) is 10.0 Å². The number of benzene rings is 1. The Balaban J connectivity index is 1.78. The third kappa shape index (κ3) is 4.03. The van der Waals surface area contributed by atoms with E-state index in [1.54, 1.807) is 18.2 Å². The van der Waals surface area contributed by atoms with Crippen LogP contribution in [0.25, 0.3) is 0 Å². The van der Waals surface area contributed by atoms with Crippen molar-refractivity contribution in [1.29, 1.82) is 0 Å². The molecule has 1 aliphatic rings. The highest BCUT2D eigenvalue weighted by molar-refractivity contribution is 7.89. The van der Waals surface area contributed by atoms with Crippen molar-refractivity contribution in [3.63, 3.8) is 0 Å². The van der Waals surface area contributed by atoms with Crippen LogP contribution in [0, 0.1) is 5.82 Å². The van der Waals surface area contributed by atoms with Gasteiger partial charge in [-0.1, -0.05) is 24.6 Å². The molecule has 1 aromatic carbocycles. The van der Waals surface area contributed by atoms with Crippen molar-refractivity contribution in [2.45, 2.75) is 30.3 Å². The Bertz CT molecular complexity index is 854. The fourth-order valence-corrected chi connectivity index (χ4v) is 4.66. The number of sulfonamides is 1. The van der Waals surface area contributed by atoms with Gasteiger partial charge in [0.15, 0.2) is 0 Å². The maximum absolute atomic E-state index is 13.8. The molecule has 0 amide bonds. The quantitative estimate of drug-likeness (QED) is 0.806. The third-order valence-corrected chi connectivity index (χ3v) is 6.36. The standard InChI is InChI=1S/C18H22FN3O3S/c19-15-8-3-2-7-14(15)16(23)13-21-18-17(9-6-10-20-18)26(24,25)22-11-4-1-5-12-22/h2-3,6-10,16,23H,1,4-5,11-13H2,(H,20,21). The second-order valence-electron chi connectivity index (χ2n) is 6.23. The fraction of sp³-hybridized carbons (Fsp3) is 0.389. The molecule has 2 N–H and O–H groups in total. The summed E-state index contributed by atoms with van der Waals surface area (Å²) < 4.78 is 41.0. The summed E-state index contributed by atoms with van der Waals surface area (Å²) in [6.45, 7) is 0.934. The lowest BCUT2D eigenvalue weighted by molar-refractivity contribution is 0.186. The Morgan fingerprint density at radius 1 is 1.15 bits per heavy atom. The topological polar surface area (TPSA) is 82.5 Å². The van der Waals surface area contributed by atoms with Gasteiger partial charge in [0.25, 0.3) is 0 Å². The van der Waals surface area contributed by atoms with Gasteiger partial charge in [0.1, 0.15) is 16.5 Å². The number of rotatable bonds is 6. The van der Waals surface area contributed by atoms with Crippen LogP contribution >= 0.6 is 0 Å². The van der Waals surface area contributed by atoms with Crippen LogP contribution < -0.4 is 5.32 Å². The number of pyridine rings is 1. The largest absolute Gasteiger partial charge is 0.386 e. The average Bonchev–Trinajstić information content (AvgIpc) is 2.67. The van der Waals surface area contributed by atoms with Gasteiger partial charge in [0, 0.05) is 31.4 Å². The molecule has 1 aliphatic heterocycles. The molecule has 0 aliphatic carbocycles. The zero-order chi connectivity index (χ0) is 18.6. The van der Waals surface area contributed by atoms with Crippen LogP contribution in [-0.4, -0.2) is 42.4 Å². The first-order valence-electron chi connectivity index (χ1n) is 8.61. The Hall–Kier alpha value is -2.03. The van der Waals surface area contributed by atoms with E-state index in [1.807, 2.05) is 0 Å². The molecule has 26 heavy (non-hydrogen) atoms. The minimum absolute atomic E-state index is 0.0551. The highest BCUT2D eigenvalue weighted by atomic mass is 32.2. The van der Waals surface area contributed by atoms with E-state index in [9.17, 15) is 17.9 Å². The van der Waals surface area contributed by atoms with Gasteiger partial charge < -0.3 is 10.4 Å². The van der Waals surface area contributed by atoms with Crippen LogP contribution in [0.15, 0.2) is 47.5 Å². The van der Waals surface area contributed by atoms with Gasteiger partial charge in [-0.15, -0.1) is 0 Å². The van der Waals surface area contributed by atoms with E-state index in [2.05, 4.69) is 10.3 Å². The summed E-state index contributed by atoms with van der Waals surface area (Å²) >= 11 is 0. The smallest absolute Gasteiger partial charge is 0.246 e. The van der Waals surface area contributed by atoms with Crippen molar-refractivity contribution in [3.8, 4) is 0 Å². The highest BCUT2D eigenvalue weighted by Gasteiger charge is 2.29. The normalized spacial score (nSPS) is 17.0. The molecule has 2 heterocycles. The summed E-state index contributed by atoms with van der Waals surface area (Å²) in [5.41, 5.74) is 0.149. The van der Waals surface area contributed by atoms with Gasteiger partial charge in [-0.05, 0) is 31.0 Å². The fourth-order valence-electron chi connectivity index (χ4n) is 3.02. The van der Waals surface area contributed by atoms with Gasteiger partial charge in [-0.2, -0.15) is 4.31 Å². The SMILES string of the molecule is O=S(=O)(c1cccnc1NCC(O)c1ccccc1F)N1CCCCC1. The Kier molecular flexibility index (Phi) is 5.85. The van der Waals surface area contributed by atoms with Gasteiger partial charge in [0.05, 0.1) is 6.10 Å². The van der Waals surface area contributed by atoms with Crippen LogP contribution in [0.1, 0.15) is 30.9 Å². The lowest BCUT2D eigenvalue weighted by atomic mass is 10.1. The van der Waals surface area contributed by atoms with Crippen molar-refractivity contribution in [3.05, 3.63) is 54.0 Å². The molecule has 8 heteroatoms. The molecular weight excluding hydrogens is 357 g/mol. The summed E-state index contributed by atoms with van der Waals surface area (Å²) in [5.74, 6) is -0.350. The predicted octanol–water partition coefficient (Wildman–Crippen LogP) is 2.54. The van der Waals surface area contributed by atoms with Crippen molar-refractivity contribution in [2.75, 3.05) is 25.0 Å². The monoisotopic (exact) mass is 379 g/mol. The molecule has 6 nitrogen and oxygen atoms in total. The van der Waals surface area contributed by atoms with Crippen LogP contribution in [0.2, 0.25) is 0 Å². The van der Waals surface area contributed by atoms with E-state index in [1.165, 1.54) is 28.7 Å². The number of nitrogens with zero attached hydrogens (tertiary/aromatic N) is 2. The van der Waals surface area contributed by atoms with E-state index in [4.69, 9.17) is 0 Å². The van der Waals surface area contributed by atoms with Crippen molar-refractivity contribution >= 4 is 15.8 Å². The van der Waals surface area contributed by atoms with Crippen LogP contribution in [0.4, 0.5) is 10.2 Å². The summed E-state index contributed by atoms with van der Waals surface area (Å²) in [5, 5.41) is 13.1. The molecule has 0 spiro atoms. The van der Waals surface area contributed by atoms with Crippen molar-refractivity contribution in [2.24, 2.45) is 0 Å². The number of aliphatic hydroxyl groups excluding tert-OH is 1. The summed E-state index contributed by atoms with van der Waals surface area (Å²) in [6.07, 6.45) is 3.07. The molecule has 0 bridgehead atoms. The van der Waals surface area contributed by atoms with Crippen LogP contribution in [0.3, 0.4) is 0 Å². The highest BCUT2D eigenvalue weighted by Crippen LogP contribution is 2.26. The molecule has 1 fully saturated rings. The minimum atomic E-state index is -3.66. The van der Waals surface area contributed by atoms with E-state index in [-0.39, 0.29) is 22.8 Å². The van der Waals surface area contributed by atoms with E-state index in [0.717, 1.165) is 19.3 Å². The molecule has 0 radical (unpaired) electrons. The lowest BCUT2D eigenvalue weighted by Crippen LogP contribution is -2.36. The van der Waals surface area contributed by atoms with E-state index < -0.39 is 21.9 Å². The number of halogens is 1. The summed E-state index contributed by atoms with van der Waals surface area (Å²) in [6, 6.07) is 9.00. The Morgan fingerprint density at radius 3 is 2.62 bits per heavy atom. The number of hydrogen-bond acceptors (Lipinski definition) is 5. The van der Waals surface area contributed by atoms with Gasteiger partial charge in [-0.25, -0.2) is 17.8 Å².